The third kappa shape index (κ3) is 7.19. The predicted octanol–water partition coefficient (Wildman–Crippen LogP) is 7.80. The molecule has 0 saturated heterocycles. The molecule has 0 atom stereocenters. The molecule has 0 aliphatic carbocycles. The lowest BCUT2D eigenvalue weighted by molar-refractivity contribution is -0.137. The molecular weight excluding hydrogens is 739 g/mol. The minimum Gasteiger partial charge on any atom is -0.487 e. The number of nitriles is 1. The van der Waals surface area contributed by atoms with E-state index in [0.29, 0.717) is 17.9 Å². The van der Waals surface area contributed by atoms with Gasteiger partial charge in [0.1, 0.15) is 24.0 Å². The first kappa shape index (κ1) is 26.5. The van der Waals surface area contributed by atoms with Gasteiger partial charge in [0, 0.05) is 10.2 Å². The number of hydrogen-bond acceptors (Lipinski definition) is 3. The number of carbonyl (C=O) groups is 1. The Bertz CT molecular complexity index is 1260. The Morgan fingerprint density at radius 2 is 1.74 bits per heavy atom. The monoisotopic (exact) mass is 752 g/mol. The van der Waals surface area contributed by atoms with E-state index in [1.807, 2.05) is 30.3 Å². The summed E-state index contributed by atoms with van der Waals surface area (Å²) in [6.07, 6.45) is -3.16. The molecule has 3 aromatic rings. The molecule has 0 aromatic heterocycles. The average molecular weight is 753 g/mol. The van der Waals surface area contributed by atoms with Gasteiger partial charge in [-0.2, -0.15) is 18.4 Å². The Morgan fingerprint density at radius 3 is 2.32 bits per heavy atom. The molecule has 0 saturated carbocycles. The Morgan fingerprint density at radius 1 is 1.09 bits per heavy atom. The van der Waals surface area contributed by atoms with Crippen molar-refractivity contribution < 1.29 is 22.7 Å². The van der Waals surface area contributed by atoms with Gasteiger partial charge < -0.3 is 10.1 Å². The molecule has 1 amide bonds. The quantitative estimate of drug-likeness (QED) is 0.159. The van der Waals surface area contributed by atoms with Crippen LogP contribution in [-0.2, 0) is 17.6 Å². The van der Waals surface area contributed by atoms with E-state index in [-0.39, 0.29) is 11.3 Å². The maximum absolute atomic E-state index is 12.9. The highest BCUT2D eigenvalue weighted by molar-refractivity contribution is 14.1. The molecule has 4 nitrogen and oxygen atoms in total. The first-order valence-electron chi connectivity index (χ1n) is 9.53. The number of anilines is 1. The van der Waals surface area contributed by atoms with Gasteiger partial charge in [-0.1, -0.05) is 34.1 Å². The molecule has 0 spiro atoms. The van der Waals surface area contributed by atoms with E-state index in [0.717, 1.165) is 29.3 Å². The van der Waals surface area contributed by atoms with Crippen molar-refractivity contribution in [1.29, 1.82) is 5.26 Å². The zero-order chi connectivity index (χ0) is 24.9. The first-order valence-corrected chi connectivity index (χ1v) is 12.5. The predicted molar refractivity (Wildman–Crippen MR) is 144 cm³/mol. The van der Waals surface area contributed by atoms with Crippen molar-refractivity contribution >= 4 is 78.8 Å². The van der Waals surface area contributed by atoms with Gasteiger partial charge in [-0.15, -0.1) is 0 Å². The maximum Gasteiger partial charge on any atom is 0.416 e. The van der Waals surface area contributed by atoms with Gasteiger partial charge in [-0.05, 0) is 105 Å². The van der Waals surface area contributed by atoms with E-state index in [4.69, 9.17) is 4.74 Å². The smallest absolute Gasteiger partial charge is 0.416 e. The number of benzene rings is 3. The van der Waals surface area contributed by atoms with Crippen molar-refractivity contribution in [3.63, 3.8) is 0 Å². The third-order valence-electron chi connectivity index (χ3n) is 4.44. The van der Waals surface area contributed by atoms with Gasteiger partial charge in [0.2, 0.25) is 0 Å². The average Bonchev–Trinajstić information content (AvgIpc) is 2.77. The van der Waals surface area contributed by atoms with Crippen LogP contribution in [0.25, 0.3) is 6.08 Å². The van der Waals surface area contributed by atoms with Crippen LogP contribution in [0.3, 0.4) is 0 Å². The summed E-state index contributed by atoms with van der Waals surface area (Å²) in [5.41, 5.74) is 0.391. The van der Waals surface area contributed by atoms with Crippen LogP contribution in [0.5, 0.6) is 5.75 Å². The number of hydrogen-bond donors (Lipinski definition) is 1. The van der Waals surface area contributed by atoms with Crippen molar-refractivity contribution in [3.8, 4) is 11.8 Å². The lowest BCUT2D eigenvalue weighted by Gasteiger charge is -2.12. The molecule has 174 valence electrons. The minimum absolute atomic E-state index is 0.0539. The van der Waals surface area contributed by atoms with Crippen LogP contribution in [0.1, 0.15) is 16.7 Å². The van der Waals surface area contributed by atoms with Gasteiger partial charge in [0.25, 0.3) is 5.91 Å². The van der Waals surface area contributed by atoms with Crippen LogP contribution in [-0.4, -0.2) is 5.91 Å². The SMILES string of the molecule is N#C/C(=C/c1cc(I)c(OCc2ccc(Br)cc2)c(I)c1)C(=O)Nc1cccc(C(F)(F)F)c1. The molecule has 0 bridgehead atoms. The van der Waals surface area contributed by atoms with Gasteiger partial charge in [-0.3, -0.25) is 4.79 Å². The molecule has 0 aliphatic heterocycles. The van der Waals surface area contributed by atoms with E-state index < -0.39 is 17.6 Å². The van der Waals surface area contributed by atoms with Gasteiger partial charge in [-0.25, -0.2) is 0 Å². The number of amides is 1. The largest absolute Gasteiger partial charge is 0.487 e. The van der Waals surface area contributed by atoms with Crippen LogP contribution >= 0.6 is 61.1 Å². The van der Waals surface area contributed by atoms with E-state index >= 15 is 0 Å². The number of nitrogens with one attached hydrogen (secondary N) is 1. The fourth-order valence-corrected chi connectivity index (χ4v) is 5.22. The Labute approximate surface area is 229 Å². The molecule has 0 unspecified atom stereocenters. The highest BCUT2D eigenvalue weighted by Crippen LogP contribution is 2.32. The van der Waals surface area contributed by atoms with Crippen molar-refractivity contribution in [1.82, 2.24) is 0 Å². The van der Waals surface area contributed by atoms with Gasteiger partial charge >= 0.3 is 6.18 Å². The summed E-state index contributed by atoms with van der Waals surface area (Å²) < 4.78 is 47.2. The highest BCUT2D eigenvalue weighted by Gasteiger charge is 2.30. The van der Waals surface area contributed by atoms with Crippen molar-refractivity contribution in [3.05, 3.63) is 94.5 Å². The molecule has 3 aromatic carbocycles. The Hall–Kier alpha value is -2.11. The van der Waals surface area contributed by atoms with Gasteiger partial charge in [0.15, 0.2) is 0 Å². The van der Waals surface area contributed by atoms with E-state index in [9.17, 15) is 23.2 Å². The second-order valence-corrected chi connectivity index (χ2v) is 10.2. The number of halogens is 6. The lowest BCUT2D eigenvalue weighted by atomic mass is 10.1. The van der Waals surface area contributed by atoms with E-state index in [2.05, 4.69) is 66.4 Å². The molecule has 0 radical (unpaired) electrons. The molecule has 34 heavy (non-hydrogen) atoms. The number of ether oxygens (including phenoxy) is 1. The summed E-state index contributed by atoms with van der Waals surface area (Å²) in [5.74, 6) is -0.129. The van der Waals surface area contributed by atoms with Crippen LogP contribution in [0.2, 0.25) is 0 Å². The number of nitrogens with zero attached hydrogens (tertiary/aromatic N) is 1. The van der Waals surface area contributed by atoms with Crippen LogP contribution < -0.4 is 10.1 Å². The van der Waals surface area contributed by atoms with Crippen LogP contribution in [0, 0.1) is 18.5 Å². The lowest BCUT2D eigenvalue weighted by Crippen LogP contribution is -2.14. The zero-order valence-corrected chi connectivity index (χ0v) is 23.0. The van der Waals surface area contributed by atoms with Gasteiger partial charge in [0.05, 0.1) is 12.7 Å². The third-order valence-corrected chi connectivity index (χ3v) is 6.57. The number of carbonyl (C=O) groups excluding carboxylic acids is 1. The second-order valence-electron chi connectivity index (χ2n) is 6.93. The zero-order valence-electron chi connectivity index (χ0n) is 17.1. The normalized spacial score (nSPS) is 11.6. The molecule has 0 heterocycles. The molecule has 0 fully saturated rings. The topological polar surface area (TPSA) is 62.1 Å². The second kappa shape index (κ2) is 11.5. The summed E-state index contributed by atoms with van der Waals surface area (Å²) >= 11 is 7.61. The standard InChI is InChI=1S/C24H14BrF3I2N2O2/c25-18-6-4-14(5-7-18)13-34-22-20(29)9-15(10-21(22)30)8-16(12-31)23(33)32-19-3-1-2-17(11-19)24(26,27)28/h1-11H,13H2,(H,32,33)/b16-8-. The summed E-state index contributed by atoms with van der Waals surface area (Å²) in [6, 6.07) is 17.3. The fraction of sp³-hybridized carbons (Fsp3) is 0.0833. The van der Waals surface area contributed by atoms with E-state index in [1.165, 1.54) is 18.2 Å². The number of alkyl halides is 3. The number of rotatable bonds is 6. The fourth-order valence-electron chi connectivity index (χ4n) is 2.82. The van der Waals surface area contributed by atoms with Crippen molar-refractivity contribution in [2.24, 2.45) is 0 Å². The van der Waals surface area contributed by atoms with Crippen molar-refractivity contribution in [2.45, 2.75) is 12.8 Å². The minimum atomic E-state index is -4.54. The summed E-state index contributed by atoms with van der Waals surface area (Å²) in [5, 5.41) is 11.8. The molecule has 0 aliphatic rings. The molecule has 10 heteroatoms. The van der Waals surface area contributed by atoms with Crippen LogP contribution in [0.4, 0.5) is 18.9 Å². The summed E-state index contributed by atoms with van der Waals surface area (Å²) in [6.45, 7) is 0.372. The maximum atomic E-state index is 12.9. The van der Waals surface area contributed by atoms with Crippen LogP contribution in [0.15, 0.2) is 70.7 Å². The molecule has 1 N–H and O–H groups in total. The summed E-state index contributed by atoms with van der Waals surface area (Å²) in [7, 11) is 0. The molecule has 3 rings (SSSR count). The molecular formula is C24H14BrF3I2N2O2. The first-order chi connectivity index (χ1) is 16.1. The Balaban J connectivity index is 1.77. The van der Waals surface area contributed by atoms with Crippen molar-refractivity contribution in [2.75, 3.05) is 5.32 Å². The summed E-state index contributed by atoms with van der Waals surface area (Å²) in [4.78, 5) is 12.5. The Kier molecular flexibility index (Phi) is 9.00. The van der Waals surface area contributed by atoms with E-state index in [1.54, 1.807) is 12.1 Å². The highest BCUT2D eigenvalue weighted by atomic mass is 127.